The third-order valence-electron chi connectivity index (χ3n) is 3.40. The van der Waals surface area contributed by atoms with Crippen LogP contribution in [-0.4, -0.2) is 26.4 Å². The molecule has 1 fully saturated rings. The van der Waals surface area contributed by atoms with Crippen LogP contribution in [0, 0.1) is 17.2 Å². The van der Waals surface area contributed by atoms with Crippen LogP contribution in [0.3, 0.4) is 0 Å². The summed E-state index contributed by atoms with van der Waals surface area (Å²) >= 11 is 0. The zero-order valence-electron chi connectivity index (χ0n) is 12.5. The van der Waals surface area contributed by atoms with Crippen LogP contribution in [0.1, 0.15) is 37.0 Å². The second-order valence-electron chi connectivity index (χ2n) is 5.75. The van der Waals surface area contributed by atoms with Gasteiger partial charge in [-0.25, -0.2) is 13.1 Å². The molecule has 0 aromatic heterocycles. The average Bonchev–Trinajstić information content (AvgIpc) is 3.27. The van der Waals surface area contributed by atoms with Gasteiger partial charge in [-0.2, -0.15) is 5.26 Å². The number of amides is 1. The predicted octanol–water partition coefficient (Wildman–Crippen LogP) is 1.41. The molecule has 1 saturated carbocycles. The van der Waals surface area contributed by atoms with Gasteiger partial charge in [0, 0.05) is 11.6 Å². The minimum atomic E-state index is -3.60. The van der Waals surface area contributed by atoms with Crippen LogP contribution >= 0.6 is 0 Å². The fourth-order valence-electron chi connectivity index (χ4n) is 1.87. The number of nitrogens with zero attached hydrogens (tertiary/aromatic N) is 1. The summed E-state index contributed by atoms with van der Waals surface area (Å²) in [7, 11) is -3.60. The average molecular weight is 321 g/mol. The number of sulfonamides is 1. The zero-order valence-corrected chi connectivity index (χ0v) is 13.4. The van der Waals surface area contributed by atoms with Crippen LogP contribution in [0.15, 0.2) is 29.2 Å². The van der Waals surface area contributed by atoms with Gasteiger partial charge in [-0.05, 0) is 37.0 Å². The first kappa shape index (κ1) is 16.5. The van der Waals surface area contributed by atoms with Crippen LogP contribution in [-0.2, 0) is 10.0 Å². The molecule has 7 heteroatoms. The van der Waals surface area contributed by atoms with E-state index in [1.165, 1.54) is 24.3 Å². The van der Waals surface area contributed by atoms with Crippen LogP contribution in [0.5, 0.6) is 0 Å². The van der Waals surface area contributed by atoms with Gasteiger partial charge in [0.05, 0.1) is 11.0 Å². The molecule has 1 aromatic rings. The van der Waals surface area contributed by atoms with Gasteiger partial charge in [-0.3, -0.25) is 4.79 Å². The molecule has 0 aliphatic heterocycles. The number of carbonyl (C=O) groups excluding carboxylic acids is 1. The highest BCUT2D eigenvalue weighted by Crippen LogP contribution is 2.22. The summed E-state index contributed by atoms with van der Waals surface area (Å²) in [6.07, 6.45) is 1.69. The van der Waals surface area contributed by atoms with Crippen LogP contribution in [0.2, 0.25) is 0 Å². The van der Waals surface area contributed by atoms with Gasteiger partial charge in [-0.1, -0.05) is 19.9 Å². The van der Waals surface area contributed by atoms with Crippen molar-refractivity contribution >= 4 is 15.9 Å². The lowest BCUT2D eigenvalue weighted by atomic mass is 10.1. The van der Waals surface area contributed by atoms with Gasteiger partial charge in [0.15, 0.2) is 0 Å². The molecule has 0 spiro atoms. The summed E-state index contributed by atoms with van der Waals surface area (Å²) in [5, 5.41) is 11.6. The molecular formula is C15H19N3O3S. The number of rotatable bonds is 6. The normalized spacial score (nSPS) is 16.1. The first-order valence-corrected chi connectivity index (χ1v) is 8.64. The standard InChI is InChI=1S/C15H19N3O3S/c1-10(2)14(9-16)17-15(19)11-4-3-5-13(8-11)22(20,21)18-12-6-7-12/h3-5,8,10,12,14,18H,6-7H2,1-2H3,(H,17,19)/t14-/m0/s1. The topological polar surface area (TPSA) is 99.1 Å². The van der Waals surface area contributed by atoms with Crippen molar-refractivity contribution in [1.82, 2.24) is 10.0 Å². The van der Waals surface area contributed by atoms with Crippen molar-refractivity contribution in [3.63, 3.8) is 0 Å². The van der Waals surface area contributed by atoms with Crippen molar-refractivity contribution in [1.29, 1.82) is 5.26 Å². The van der Waals surface area contributed by atoms with E-state index in [9.17, 15) is 13.2 Å². The van der Waals surface area contributed by atoms with E-state index in [1.807, 2.05) is 19.9 Å². The molecule has 22 heavy (non-hydrogen) atoms. The first-order valence-electron chi connectivity index (χ1n) is 7.16. The molecule has 1 atom stereocenters. The number of carbonyl (C=O) groups is 1. The minimum Gasteiger partial charge on any atom is -0.336 e. The smallest absolute Gasteiger partial charge is 0.252 e. The highest BCUT2D eigenvalue weighted by Gasteiger charge is 2.28. The van der Waals surface area contributed by atoms with Crippen LogP contribution in [0.4, 0.5) is 0 Å². The molecule has 118 valence electrons. The molecule has 1 amide bonds. The molecule has 2 N–H and O–H groups in total. The lowest BCUT2D eigenvalue weighted by Crippen LogP contribution is -2.37. The van der Waals surface area contributed by atoms with E-state index in [0.717, 1.165) is 12.8 Å². The third kappa shape index (κ3) is 4.06. The maximum absolute atomic E-state index is 12.2. The highest BCUT2D eigenvalue weighted by atomic mass is 32.2. The van der Waals surface area contributed by atoms with E-state index in [-0.39, 0.29) is 22.4 Å². The molecule has 0 saturated heterocycles. The van der Waals surface area contributed by atoms with E-state index < -0.39 is 22.0 Å². The largest absolute Gasteiger partial charge is 0.336 e. The maximum atomic E-state index is 12.2. The van der Waals surface area contributed by atoms with Crippen LogP contribution < -0.4 is 10.0 Å². The van der Waals surface area contributed by atoms with Crippen molar-refractivity contribution in [3.8, 4) is 6.07 Å². The summed E-state index contributed by atoms with van der Waals surface area (Å²) < 4.78 is 26.9. The lowest BCUT2D eigenvalue weighted by molar-refractivity contribution is 0.0937. The Morgan fingerprint density at radius 1 is 1.36 bits per heavy atom. The van der Waals surface area contributed by atoms with Gasteiger partial charge in [0.1, 0.15) is 6.04 Å². The van der Waals surface area contributed by atoms with E-state index in [4.69, 9.17) is 5.26 Å². The van der Waals surface area contributed by atoms with E-state index >= 15 is 0 Å². The number of nitriles is 1. The van der Waals surface area contributed by atoms with Gasteiger partial charge >= 0.3 is 0 Å². The molecule has 0 unspecified atom stereocenters. The van der Waals surface area contributed by atoms with Crippen molar-refractivity contribution in [2.45, 2.75) is 43.7 Å². The monoisotopic (exact) mass is 321 g/mol. The molecule has 1 aliphatic carbocycles. The zero-order chi connectivity index (χ0) is 16.3. The highest BCUT2D eigenvalue weighted by molar-refractivity contribution is 7.89. The van der Waals surface area contributed by atoms with Gasteiger partial charge in [-0.15, -0.1) is 0 Å². The Kier molecular flexibility index (Phi) is 4.84. The lowest BCUT2D eigenvalue weighted by Gasteiger charge is -2.15. The summed E-state index contributed by atoms with van der Waals surface area (Å²) in [6.45, 7) is 3.66. The Morgan fingerprint density at radius 3 is 2.59 bits per heavy atom. The molecule has 1 aliphatic rings. The maximum Gasteiger partial charge on any atom is 0.252 e. The van der Waals surface area contributed by atoms with Crippen molar-refractivity contribution in [2.75, 3.05) is 0 Å². The Labute approximate surface area is 130 Å². The first-order chi connectivity index (χ1) is 10.3. The molecule has 2 rings (SSSR count). The Morgan fingerprint density at radius 2 is 2.05 bits per heavy atom. The summed E-state index contributed by atoms with van der Waals surface area (Å²) in [5.74, 6) is -0.485. The molecular weight excluding hydrogens is 302 g/mol. The van der Waals surface area contributed by atoms with Crippen LogP contribution in [0.25, 0.3) is 0 Å². The number of nitrogens with one attached hydrogen (secondary N) is 2. The SMILES string of the molecule is CC(C)[C@H](C#N)NC(=O)c1cccc(S(=O)(=O)NC2CC2)c1. The summed E-state index contributed by atoms with van der Waals surface area (Å²) in [5.41, 5.74) is 0.222. The molecule has 6 nitrogen and oxygen atoms in total. The van der Waals surface area contributed by atoms with E-state index in [1.54, 1.807) is 0 Å². The number of hydrogen-bond acceptors (Lipinski definition) is 4. The summed E-state index contributed by atoms with van der Waals surface area (Å²) in [6, 6.07) is 7.24. The molecule has 1 aromatic carbocycles. The second-order valence-corrected chi connectivity index (χ2v) is 7.46. The van der Waals surface area contributed by atoms with Gasteiger partial charge in [0.25, 0.3) is 5.91 Å². The van der Waals surface area contributed by atoms with Gasteiger partial charge in [0.2, 0.25) is 10.0 Å². The van der Waals surface area contributed by atoms with E-state index in [2.05, 4.69) is 10.0 Å². The second kappa shape index (κ2) is 6.46. The number of benzene rings is 1. The predicted molar refractivity (Wildman–Crippen MR) is 81.5 cm³/mol. The Balaban J connectivity index is 2.17. The Bertz CT molecular complexity index is 703. The van der Waals surface area contributed by atoms with Crippen molar-refractivity contribution in [3.05, 3.63) is 29.8 Å². The molecule has 0 heterocycles. The molecule has 0 radical (unpaired) electrons. The van der Waals surface area contributed by atoms with Gasteiger partial charge < -0.3 is 5.32 Å². The van der Waals surface area contributed by atoms with Crippen molar-refractivity contribution in [2.24, 2.45) is 5.92 Å². The van der Waals surface area contributed by atoms with E-state index in [0.29, 0.717) is 0 Å². The number of hydrogen-bond donors (Lipinski definition) is 2. The fraction of sp³-hybridized carbons (Fsp3) is 0.467. The third-order valence-corrected chi connectivity index (χ3v) is 4.92. The summed E-state index contributed by atoms with van der Waals surface area (Å²) in [4.78, 5) is 12.2. The minimum absolute atomic E-state index is 0.00592. The Hall–Kier alpha value is -1.91. The van der Waals surface area contributed by atoms with Crippen molar-refractivity contribution < 1.29 is 13.2 Å². The quantitative estimate of drug-likeness (QED) is 0.827. The fourth-order valence-corrected chi connectivity index (χ4v) is 3.22. The molecule has 0 bridgehead atoms.